The molecule has 0 heterocycles. The van der Waals surface area contributed by atoms with Crippen molar-refractivity contribution in [1.82, 2.24) is 5.32 Å². The lowest BCUT2D eigenvalue weighted by Crippen LogP contribution is -2.35. The maximum Gasteiger partial charge on any atom is 0.261 e. The van der Waals surface area contributed by atoms with Gasteiger partial charge in [-0.1, -0.05) is 29.8 Å². The SMILES string of the molecule is Cc1cc(C)cc(NS(=O)(=O)c2ccc(NC(=S)NC(=O)Cc3ccc(Cl)cc3)cc2)c1. The molecular weight excluding hydrogens is 466 g/mol. The van der Waals surface area contributed by atoms with Crippen molar-refractivity contribution in [1.29, 1.82) is 0 Å². The van der Waals surface area contributed by atoms with E-state index in [2.05, 4.69) is 15.4 Å². The molecule has 0 bridgehead atoms. The molecule has 0 aliphatic heterocycles. The van der Waals surface area contributed by atoms with Gasteiger partial charge in [-0.05, 0) is 91.3 Å². The highest BCUT2D eigenvalue weighted by Gasteiger charge is 2.15. The first kappa shape index (κ1) is 23.7. The van der Waals surface area contributed by atoms with Gasteiger partial charge in [-0.3, -0.25) is 9.52 Å². The number of anilines is 2. The minimum Gasteiger partial charge on any atom is -0.332 e. The fourth-order valence-corrected chi connectivity index (χ4v) is 4.48. The van der Waals surface area contributed by atoms with Crippen LogP contribution in [0.5, 0.6) is 0 Å². The Balaban J connectivity index is 1.59. The van der Waals surface area contributed by atoms with Crippen LogP contribution in [0.2, 0.25) is 5.02 Å². The number of aryl methyl sites for hydroxylation is 2. The summed E-state index contributed by atoms with van der Waals surface area (Å²) in [7, 11) is -3.74. The van der Waals surface area contributed by atoms with E-state index in [-0.39, 0.29) is 22.3 Å². The molecule has 166 valence electrons. The number of sulfonamides is 1. The largest absolute Gasteiger partial charge is 0.332 e. The average Bonchev–Trinajstić information content (AvgIpc) is 2.69. The number of thiocarbonyl (C=S) groups is 1. The standard InChI is InChI=1S/C23H22ClN3O3S2/c1-15-11-16(2)13-20(12-15)27-32(29,30)21-9-7-19(8-10-21)25-23(31)26-22(28)14-17-3-5-18(24)6-4-17/h3-13,27H,14H2,1-2H3,(H2,25,26,28,31). The molecule has 6 nitrogen and oxygen atoms in total. The van der Waals surface area contributed by atoms with Crippen molar-refractivity contribution >= 4 is 56.2 Å². The first-order chi connectivity index (χ1) is 15.1. The van der Waals surface area contributed by atoms with Crippen LogP contribution in [0.3, 0.4) is 0 Å². The summed E-state index contributed by atoms with van der Waals surface area (Å²) in [6.45, 7) is 3.81. The van der Waals surface area contributed by atoms with Crippen molar-refractivity contribution < 1.29 is 13.2 Å². The number of hydrogen-bond acceptors (Lipinski definition) is 4. The van der Waals surface area contributed by atoms with E-state index in [0.29, 0.717) is 16.4 Å². The zero-order chi connectivity index (χ0) is 23.3. The molecule has 32 heavy (non-hydrogen) atoms. The maximum absolute atomic E-state index is 12.7. The lowest BCUT2D eigenvalue weighted by atomic mass is 10.1. The summed E-state index contributed by atoms with van der Waals surface area (Å²) in [5.41, 5.74) is 3.80. The summed E-state index contributed by atoms with van der Waals surface area (Å²) < 4.78 is 27.9. The Morgan fingerprint density at radius 1 is 0.906 bits per heavy atom. The van der Waals surface area contributed by atoms with E-state index >= 15 is 0 Å². The summed E-state index contributed by atoms with van der Waals surface area (Å²) in [6, 6.07) is 18.6. The van der Waals surface area contributed by atoms with Gasteiger partial charge in [0.1, 0.15) is 0 Å². The quantitative estimate of drug-likeness (QED) is 0.434. The van der Waals surface area contributed by atoms with Crippen LogP contribution >= 0.6 is 23.8 Å². The summed E-state index contributed by atoms with van der Waals surface area (Å²) in [5, 5.41) is 6.19. The van der Waals surface area contributed by atoms with Gasteiger partial charge in [0.05, 0.1) is 11.3 Å². The van der Waals surface area contributed by atoms with Crippen LogP contribution in [0.15, 0.2) is 71.6 Å². The second-order valence-electron chi connectivity index (χ2n) is 7.31. The maximum atomic E-state index is 12.7. The number of hydrogen-bond donors (Lipinski definition) is 3. The molecule has 0 atom stereocenters. The fourth-order valence-electron chi connectivity index (χ4n) is 3.09. The highest BCUT2D eigenvalue weighted by Crippen LogP contribution is 2.20. The molecule has 0 saturated heterocycles. The smallest absolute Gasteiger partial charge is 0.261 e. The Morgan fingerprint density at radius 3 is 2.09 bits per heavy atom. The van der Waals surface area contributed by atoms with Crippen LogP contribution in [0, 0.1) is 13.8 Å². The first-order valence-electron chi connectivity index (χ1n) is 9.67. The number of benzene rings is 3. The Bertz CT molecular complexity index is 1220. The predicted octanol–water partition coefficient (Wildman–Crippen LogP) is 4.81. The summed E-state index contributed by atoms with van der Waals surface area (Å²) in [4.78, 5) is 12.3. The molecule has 0 radical (unpaired) electrons. The fraction of sp³-hybridized carbons (Fsp3) is 0.130. The van der Waals surface area contributed by atoms with Crippen molar-refractivity contribution in [2.24, 2.45) is 0 Å². The molecule has 0 fully saturated rings. The van der Waals surface area contributed by atoms with Crippen LogP contribution in [0.4, 0.5) is 11.4 Å². The lowest BCUT2D eigenvalue weighted by molar-refractivity contribution is -0.119. The van der Waals surface area contributed by atoms with E-state index in [1.165, 1.54) is 12.1 Å². The normalized spacial score (nSPS) is 11.0. The third kappa shape index (κ3) is 6.78. The first-order valence-corrected chi connectivity index (χ1v) is 11.9. The van der Waals surface area contributed by atoms with Gasteiger partial charge in [0.25, 0.3) is 10.0 Å². The van der Waals surface area contributed by atoms with Crippen LogP contribution in [-0.2, 0) is 21.2 Å². The van der Waals surface area contributed by atoms with Gasteiger partial charge in [-0.2, -0.15) is 0 Å². The minimum atomic E-state index is -3.74. The Labute approximate surface area is 198 Å². The highest BCUT2D eigenvalue weighted by molar-refractivity contribution is 7.92. The van der Waals surface area contributed by atoms with E-state index in [1.807, 2.05) is 19.9 Å². The van der Waals surface area contributed by atoms with Crippen LogP contribution in [-0.4, -0.2) is 19.4 Å². The van der Waals surface area contributed by atoms with Crippen molar-refractivity contribution in [3.05, 3.63) is 88.4 Å². The molecular formula is C23H22ClN3O3S2. The molecule has 0 aromatic heterocycles. The van der Waals surface area contributed by atoms with E-state index in [9.17, 15) is 13.2 Å². The molecule has 3 N–H and O–H groups in total. The zero-order valence-electron chi connectivity index (χ0n) is 17.5. The van der Waals surface area contributed by atoms with Crippen molar-refractivity contribution in [3.8, 4) is 0 Å². The lowest BCUT2D eigenvalue weighted by Gasteiger charge is -2.12. The number of carbonyl (C=O) groups excluding carboxylic acids is 1. The van der Waals surface area contributed by atoms with Crippen LogP contribution in [0.25, 0.3) is 0 Å². The number of halogens is 1. The number of nitrogens with one attached hydrogen (secondary N) is 3. The second kappa shape index (κ2) is 10.1. The zero-order valence-corrected chi connectivity index (χ0v) is 19.9. The van der Waals surface area contributed by atoms with Crippen LogP contribution < -0.4 is 15.4 Å². The topological polar surface area (TPSA) is 87.3 Å². The van der Waals surface area contributed by atoms with Gasteiger partial charge < -0.3 is 10.6 Å². The summed E-state index contributed by atoms with van der Waals surface area (Å²) in [5.74, 6) is -0.276. The Kier molecular flexibility index (Phi) is 7.50. The molecule has 0 saturated carbocycles. The average molecular weight is 488 g/mol. The minimum absolute atomic E-state index is 0.111. The molecule has 9 heteroatoms. The molecule has 0 spiro atoms. The van der Waals surface area contributed by atoms with Gasteiger partial charge in [-0.25, -0.2) is 8.42 Å². The molecule has 3 aromatic carbocycles. The van der Waals surface area contributed by atoms with Crippen LogP contribution in [0.1, 0.15) is 16.7 Å². The van der Waals surface area contributed by atoms with E-state index in [4.69, 9.17) is 23.8 Å². The van der Waals surface area contributed by atoms with Crippen molar-refractivity contribution in [2.75, 3.05) is 10.0 Å². The molecule has 3 aromatic rings. The molecule has 0 unspecified atom stereocenters. The van der Waals surface area contributed by atoms with E-state index < -0.39 is 10.0 Å². The van der Waals surface area contributed by atoms with Crippen molar-refractivity contribution in [2.45, 2.75) is 25.2 Å². The second-order valence-corrected chi connectivity index (χ2v) is 9.84. The Morgan fingerprint density at radius 2 is 1.50 bits per heavy atom. The van der Waals surface area contributed by atoms with Gasteiger partial charge in [0.2, 0.25) is 5.91 Å². The van der Waals surface area contributed by atoms with E-state index in [1.54, 1.807) is 48.5 Å². The molecule has 0 aliphatic rings. The van der Waals surface area contributed by atoms with Gasteiger partial charge in [0, 0.05) is 16.4 Å². The Hall–Kier alpha value is -2.94. The third-order valence-corrected chi connectivity index (χ3v) is 6.28. The highest BCUT2D eigenvalue weighted by atomic mass is 35.5. The monoisotopic (exact) mass is 487 g/mol. The number of rotatable bonds is 6. The summed E-state index contributed by atoms with van der Waals surface area (Å²) in [6.07, 6.45) is 0.153. The molecule has 0 aliphatic carbocycles. The van der Waals surface area contributed by atoms with E-state index in [0.717, 1.165) is 16.7 Å². The van der Waals surface area contributed by atoms with Crippen molar-refractivity contribution in [3.63, 3.8) is 0 Å². The van der Waals surface area contributed by atoms with Gasteiger partial charge in [-0.15, -0.1) is 0 Å². The predicted molar refractivity (Wildman–Crippen MR) is 133 cm³/mol. The molecule has 1 amide bonds. The third-order valence-electron chi connectivity index (χ3n) is 4.43. The van der Waals surface area contributed by atoms with Gasteiger partial charge in [0.15, 0.2) is 5.11 Å². The summed E-state index contributed by atoms with van der Waals surface area (Å²) >= 11 is 11.0. The number of amides is 1. The molecule has 3 rings (SSSR count). The number of carbonyl (C=O) groups is 1. The van der Waals surface area contributed by atoms with Gasteiger partial charge >= 0.3 is 0 Å².